The molecule has 0 aliphatic carbocycles. The zero-order valence-corrected chi connectivity index (χ0v) is 20.1. The van der Waals surface area contributed by atoms with Crippen molar-refractivity contribution in [3.8, 4) is 11.4 Å². The zero-order valence-electron chi connectivity index (χ0n) is 20.1. The van der Waals surface area contributed by atoms with Gasteiger partial charge in [-0.05, 0) is 43.0 Å². The van der Waals surface area contributed by atoms with Crippen LogP contribution >= 0.6 is 0 Å². The van der Waals surface area contributed by atoms with E-state index >= 15 is 0 Å². The van der Waals surface area contributed by atoms with Crippen LogP contribution in [0.4, 0.5) is 11.6 Å². The third-order valence-corrected chi connectivity index (χ3v) is 5.35. The summed E-state index contributed by atoms with van der Waals surface area (Å²) in [6, 6.07) is 15.2. The van der Waals surface area contributed by atoms with Crippen molar-refractivity contribution in [2.24, 2.45) is 0 Å². The van der Waals surface area contributed by atoms with Crippen molar-refractivity contribution in [2.75, 3.05) is 18.2 Å². The fraction of sp³-hybridized carbons (Fsp3) is 0.231. The largest absolute Gasteiger partial charge is 0.495 e. The summed E-state index contributed by atoms with van der Waals surface area (Å²) in [7, 11) is 1.58. The summed E-state index contributed by atoms with van der Waals surface area (Å²) in [5.41, 5.74) is 8.78. The number of benzene rings is 2. The van der Waals surface area contributed by atoms with E-state index in [-0.39, 0.29) is 23.6 Å². The number of rotatable bonds is 6. The number of anilines is 2. The number of nitrogen functional groups attached to an aromatic ring is 1. The van der Waals surface area contributed by atoms with Crippen LogP contribution in [0.5, 0.6) is 5.75 Å². The van der Waals surface area contributed by atoms with Crippen LogP contribution in [0, 0.1) is 12.3 Å². The minimum Gasteiger partial charge on any atom is -0.495 e. The number of nitrogens with one attached hydrogen (secondary N) is 2. The molecule has 0 aliphatic heterocycles. The minimum atomic E-state index is -0.132. The summed E-state index contributed by atoms with van der Waals surface area (Å²) in [6.07, 6.45) is 1.35. The topological polar surface area (TPSA) is 119 Å². The molecule has 0 unspecified atom stereocenters. The quantitative estimate of drug-likeness (QED) is 0.360. The Labute approximate surface area is 199 Å². The van der Waals surface area contributed by atoms with Gasteiger partial charge in [0.2, 0.25) is 0 Å². The summed E-state index contributed by atoms with van der Waals surface area (Å²) >= 11 is 0. The lowest BCUT2D eigenvalue weighted by Gasteiger charge is -2.19. The number of pyridine rings is 1. The number of aromatic nitrogens is 3. The van der Waals surface area contributed by atoms with E-state index in [4.69, 9.17) is 15.9 Å². The lowest BCUT2D eigenvalue weighted by molar-refractivity contribution is 0.412. The maximum atomic E-state index is 13.7. The van der Waals surface area contributed by atoms with Gasteiger partial charge in [-0.15, -0.1) is 0 Å². The Morgan fingerprint density at radius 1 is 1.15 bits per heavy atom. The van der Waals surface area contributed by atoms with Gasteiger partial charge < -0.3 is 21.2 Å². The fourth-order valence-electron chi connectivity index (χ4n) is 3.88. The number of nitrogens with two attached hydrogens (primary N) is 1. The van der Waals surface area contributed by atoms with Crippen molar-refractivity contribution in [2.45, 2.75) is 34.2 Å². The summed E-state index contributed by atoms with van der Waals surface area (Å²) in [6.45, 7) is 7.83. The summed E-state index contributed by atoms with van der Waals surface area (Å²) < 4.78 is 7.19. The number of hydrogen-bond acceptors (Lipinski definition) is 7. The van der Waals surface area contributed by atoms with Gasteiger partial charge in [-0.3, -0.25) is 9.36 Å². The molecule has 2 aromatic heterocycles. The number of aryl methyl sites for hydroxylation is 1. The van der Waals surface area contributed by atoms with Crippen molar-refractivity contribution in [1.82, 2.24) is 14.5 Å². The molecule has 34 heavy (non-hydrogen) atoms. The van der Waals surface area contributed by atoms with Crippen molar-refractivity contribution in [3.63, 3.8) is 0 Å². The molecule has 0 fully saturated rings. The Kier molecular flexibility index (Phi) is 7.63. The number of hydrogen-bond donors (Lipinski definition) is 3. The van der Waals surface area contributed by atoms with Gasteiger partial charge in [0.15, 0.2) is 0 Å². The van der Waals surface area contributed by atoms with E-state index < -0.39 is 0 Å². The number of fused-ring (bicyclic) bond motifs is 1. The molecule has 2 aromatic carbocycles. The van der Waals surface area contributed by atoms with E-state index in [2.05, 4.69) is 15.3 Å². The van der Waals surface area contributed by atoms with E-state index in [0.717, 1.165) is 10.9 Å². The lowest BCUT2D eigenvalue weighted by Crippen LogP contribution is -2.25. The van der Waals surface area contributed by atoms with E-state index in [1.54, 1.807) is 18.6 Å². The zero-order chi connectivity index (χ0) is 24.8. The minimum absolute atomic E-state index is 0.132. The summed E-state index contributed by atoms with van der Waals surface area (Å²) in [5, 5.41) is 12.8. The van der Waals surface area contributed by atoms with Crippen LogP contribution in [0.2, 0.25) is 0 Å². The number of methoxy groups -OCH3 is 1. The van der Waals surface area contributed by atoms with Gasteiger partial charge >= 0.3 is 0 Å². The monoisotopic (exact) mass is 458 g/mol. The Morgan fingerprint density at radius 2 is 1.88 bits per heavy atom. The van der Waals surface area contributed by atoms with Gasteiger partial charge in [-0.2, -0.15) is 0 Å². The second-order valence-corrected chi connectivity index (χ2v) is 7.45. The van der Waals surface area contributed by atoms with E-state index in [1.165, 1.54) is 6.33 Å². The highest BCUT2D eigenvalue weighted by Gasteiger charge is 2.17. The van der Waals surface area contributed by atoms with E-state index in [0.29, 0.717) is 33.9 Å². The third-order valence-electron chi connectivity index (χ3n) is 5.35. The molecule has 0 saturated heterocycles. The van der Waals surface area contributed by atoms with Crippen LogP contribution in [0.25, 0.3) is 16.5 Å². The van der Waals surface area contributed by atoms with Gasteiger partial charge in [-0.25, -0.2) is 9.97 Å². The smallest absolute Gasteiger partial charge is 0.263 e. The molecule has 4 aromatic rings. The maximum Gasteiger partial charge on any atom is 0.263 e. The molecular weight excluding hydrogens is 428 g/mol. The molecule has 0 radical (unpaired) electrons. The molecule has 0 bridgehead atoms. The number of ether oxygens (including phenoxy) is 1. The molecule has 4 rings (SSSR count). The van der Waals surface area contributed by atoms with Gasteiger partial charge in [0, 0.05) is 11.4 Å². The molecule has 176 valence electrons. The molecule has 8 nitrogen and oxygen atoms in total. The van der Waals surface area contributed by atoms with Crippen LogP contribution in [0.3, 0.4) is 0 Å². The average molecular weight is 459 g/mol. The molecule has 0 atom stereocenters. The van der Waals surface area contributed by atoms with Crippen LogP contribution < -0.4 is 21.3 Å². The Hall–Kier alpha value is -4.20. The van der Waals surface area contributed by atoms with Gasteiger partial charge in [0.05, 0.1) is 30.3 Å². The third kappa shape index (κ3) is 4.61. The van der Waals surface area contributed by atoms with Crippen LogP contribution in [-0.4, -0.2) is 27.4 Å². The van der Waals surface area contributed by atoms with Gasteiger partial charge in [-0.1, -0.05) is 44.2 Å². The van der Waals surface area contributed by atoms with Crippen molar-refractivity contribution in [3.05, 3.63) is 82.0 Å². The highest BCUT2D eigenvalue weighted by Crippen LogP contribution is 2.26. The number of nitrogens with zero attached hydrogens (tertiary/aromatic N) is 3. The van der Waals surface area contributed by atoms with Crippen molar-refractivity contribution >= 4 is 28.1 Å². The summed E-state index contributed by atoms with van der Waals surface area (Å²) in [5.74, 6) is 1.26. The van der Waals surface area contributed by atoms with Crippen LogP contribution in [0.1, 0.15) is 37.6 Å². The molecular formula is C26H30N6O2. The van der Waals surface area contributed by atoms with Crippen LogP contribution in [0.15, 0.2) is 59.7 Å². The predicted octanol–water partition coefficient (Wildman–Crippen LogP) is 4.71. The normalized spacial score (nSPS) is 10.4. The number of para-hydroxylation sites is 2. The SMILES string of the molecule is CC.COc1ccccc1-n1c(CNc2ncnc(N)c2C(C)=N)cc2cccc(C)c2c1=O. The molecule has 4 N–H and O–H groups in total. The predicted molar refractivity (Wildman–Crippen MR) is 138 cm³/mol. The first-order valence-electron chi connectivity index (χ1n) is 11.1. The van der Waals surface area contributed by atoms with E-state index in [9.17, 15) is 4.79 Å². The Bertz CT molecular complexity index is 1390. The standard InChI is InChI=1S/C24H24N6O2.C2H6/c1-14-7-6-8-16-11-17(12-27-23-21(15(2)25)22(26)28-13-29-23)30(24(31)20(14)16)18-9-4-5-10-19(18)32-3;1-2/h4-11,13,25H,12H2,1-3H3,(H3,26,27,28,29);1-2H3. The lowest BCUT2D eigenvalue weighted by atomic mass is 10.1. The molecule has 0 aliphatic rings. The molecule has 2 heterocycles. The first-order valence-corrected chi connectivity index (χ1v) is 11.1. The van der Waals surface area contributed by atoms with Crippen LogP contribution in [-0.2, 0) is 6.54 Å². The Balaban J connectivity index is 0.00000158. The molecule has 0 saturated carbocycles. The van der Waals surface area contributed by atoms with Gasteiger partial charge in [0.1, 0.15) is 23.7 Å². The molecule has 8 heteroatoms. The summed E-state index contributed by atoms with van der Waals surface area (Å²) in [4.78, 5) is 21.9. The van der Waals surface area contributed by atoms with Crippen molar-refractivity contribution in [1.29, 1.82) is 5.41 Å². The van der Waals surface area contributed by atoms with Crippen molar-refractivity contribution < 1.29 is 4.74 Å². The average Bonchev–Trinajstić information content (AvgIpc) is 2.83. The van der Waals surface area contributed by atoms with Gasteiger partial charge in [0.25, 0.3) is 5.56 Å². The second kappa shape index (κ2) is 10.6. The highest BCUT2D eigenvalue weighted by molar-refractivity contribution is 6.04. The van der Waals surface area contributed by atoms with E-state index in [1.807, 2.05) is 69.3 Å². The first-order chi connectivity index (χ1) is 16.4. The maximum absolute atomic E-state index is 13.7. The molecule has 0 amide bonds. The highest BCUT2D eigenvalue weighted by atomic mass is 16.5. The molecule has 0 spiro atoms. The second-order valence-electron chi connectivity index (χ2n) is 7.45. The first kappa shape index (κ1) is 24.4. The fourth-order valence-corrected chi connectivity index (χ4v) is 3.88. The Morgan fingerprint density at radius 3 is 2.59 bits per heavy atom.